The first kappa shape index (κ1) is 16.8. The molecule has 0 aliphatic carbocycles. The van der Waals surface area contributed by atoms with E-state index in [1.54, 1.807) is 6.07 Å². The van der Waals surface area contributed by atoms with Gasteiger partial charge in [-0.3, -0.25) is 4.79 Å². The van der Waals surface area contributed by atoms with Gasteiger partial charge >= 0.3 is 0 Å². The molecule has 0 saturated carbocycles. The lowest BCUT2D eigenvalue weighted by molar-refractivity contribution is 0.0939. The summed E-state index contributed by atoms with van der Waals surface area (Å²) >= 11 is 3.40. The van der Waals surface area contributed by atoms with Crippen LogP contribution in [0.2, 0.25) is 0 Å². The Hall–Kier alpha value is -2.01. The first-order valence-corrected chi connectivity index (χ1v) is 8.86. The van der Waals surface area contributed by atoms with E-state index in [2.05, 4.69) is 28.2 Å². The van der Waals surface area contributed by atoms with Gasteiger partial charge in [0.25, 0.3) is 5.91 Å². The van der Waals surface area contributed by atoms with Crippen LogP contribution in [0.4, 0.5) is 0 Å². The molecular formula is C19H20BrNO3. The molecule has 0 fully saturated rings. The van der Waals surface area contributed by atoms with Gasteiger partial charge in [-0.15, -0.1) is 0 Å². The summed E-state index contributed by atoms with van der Waals surface area (Å²) in [5.74, 6) is 1.44. The van der Waals surface area contributed by atoms with Crippen molar-refractivity contribution < 1.29 is 14.3 Å². The third-order valence-electron chi connectivity index (χ3n) is 4.09. The summed E-state index contributed by atoms with van der Waals surface area (Å²) in [6.07, 6.45) is 0.864. The molecule has 1 N–H and O–H groups in total. The number of carbonyl (C=O) groups excluding carboxylic acids is 1. The van der Waals surface area contributed by atoms with Gasteiger partial charge < -0.3 is 14.8 Å². The van der Waals surface area contributed by atoms with E-state index in [-0.39, 0.29) is 11.9 Å². The molecule has 5 heteroatoms. The smallest absolute Gasteiger partial charge is 0.251 e. The maximum Gasteiger partial charge on any atom is 0.251 e. The Morgan fingerprint density at radius 1 is 1.21 bits per heavy atom. The summed E-state index contributed by atoms with van der Waals surface area (Å²) in [4.78, 5) is 12.5. The SMILES string of the molecule is CCc1cc2c(cc1C(C)NC(=O)c1cccc(Br)c1)OCCO2. The Labute approximate surface area is 150 Å². The van der Waals surface area contributed by atoms with Crippen LogP contribution in [-0.2, 0) is 6.42 Å². The van der Waals surface area contributed by atoms with Gasteiger partial charge in [-0.05, 0) is 54.8 Å². The van der Waals surface area contributed by atoms with Gasteiger partial charge in [0.05, 0.1) is 6.04 Å². The van der Waals surface area contributed by atoms with Crippen molar-refractivity contribution in [1.29, 1.82) is 0 Å². The summed E-state index contributed by atoms with van der Waals surface area (Å²) in [5, 5.41) is 3.07. The number of hydrogen-bond donors (Lipinski definition) is 1. The molecule has 3 rings (SSSR count). The molecule has 24 heavy (non-hydrogen) atoms. The number of ether oxygens (including phenoxy) is 2. The van der Waals surface area contributed by atoms with Crippen LogP contribution in [-0.4, -0.2) is 19.1 Å². The van der Waals surface area contributed by atoms with Crippen LogP contribution < -0.4 is 14.8 Å². The van der Waals surface area contributed by atoms with Crippen LogP contribution in [0.1, 0.15) is 41.4 Å². The fourth-order valence-corrected chi connectivity index (χ4v) is 3.24. The van der Waals surface area contributed by atoms with E-state index in [0.29, 0.717) is 18.8 Å². The zero-order valence-electron chi connectivity index (χ0n) is 13.8. The monoisotopic (exact) mass is 389 g/mol. The number of halogens is 1. The van der Waals surface area contributed by atoms with Crippen LogP contribution >= 0.6 is 15.9 Å². The summed E-state index contributed by atoms with van der Waals surface area (Å²) in [5.41, 5.74) is 2.85. The van der Waals surface area contributed by atoms with Gasteiger partial charge in [0, 0.05) is 10.0 Å². The molecule has 0 radical (unpaired) electrons. The molecule has 1 unspecified atom stereocenters. The van der Waals surface area contributed by atoms with Crippen molar-refractivity contribution >= 4 is 21.8 Å². The standard InChI is InChI=1S/C19H20BrNO3/c1-3-13-10-17-18(24-8-7-23-17)11-16(13)12(2)21-19(22)14-5-4-6-15(20)9-14/h4-6,9-12H,3,7-8H2,1-2H3,(H,21,22). The molecule has 0 aromatic heterocycles. The van der Waals surface area contributed by atoms with Crippen LogP contribution in [0, 0.1) is 0 Å². The van der Waals surface area contributed by atoms with Crippen molar-refractivity contribution in [3.8, 4) is 11.5 Å². The molecule has 0 saturated heterocycles. The Morgan fingerprint density at radius 2 is 1.92 bits per heavy atom. The Bertz CT molecular complexity index is 760. The van der Waals surface area contributed by atoms with E-state index in [4.69, 9.17) is 9.47 Å². The molecule has 4 nitrogen and oxygen atoms in total. The second kappa shape index (κ2) is 7.26. The maximum absolute atomic E-state index is 12.5. The number of amides is 1. The van der Waals surface area contributed by atoms with Crippen molar-refractivity contribution in [2.45, 2.75) is 26.3 Å². The molecular weight excluding hydrogens is 370 g/mol. The molecule has 2 aromatic carbocycles. The molecule has 2 aromatic rings. The van der Waals surface area contributed by atoms with Gasteiger partial charge in [0.2, 0.25) is 0 Å². The number of rotatable bonds is 4. The minimum Gasteiger partial charge on any atom is -0.486 e. The highest BCUT2D eigenvalue weighted by Crippen LogP contribution is 2.35. The number of carbonyl (C=O) groups is 1. The molecule has 0 bridgehead atoms. The molecule has 1 aliphatic heterocycles. The third-order valence-corrected chi connectivity index (χ3v) is 4.58. The average Bonchev–Trinajstić information content (AvgIpc) is 2.60. The lowest BCUT2D eigenvalue weighted by Gasteiger charge is -2.24. The van der Waals surface area contributed by atoms with Crippen LogP contribution in [0.15, 0.2) is 40.9 Å². The minimum absolute atomic E-state index is 0.0965. The van der Waals surface area contributed by atoms with E-state index in [0.717, 1.165) is 33.5 Å². The first-order valence-electron chi connectivity index (χ1n) is 8.07. The van der Waals surface area contributed by atoms with Crippen molar-refractivity contribution in [3.63, 3.8) is 0 Å². The molecule has 1 aliphatic rings. The molecule has 0 spiro atoms. The zero-order chi connectivity index (χ0) is 17.1. The number of aryl methyl sites for hydroxylation is 1. The minimum atomic E-state index is -0.123. The summed E-state index contributed by atoms with van der Waals surface area (Å²) < 4.78 is 12.2. The summed E-state index contributed by atoms with van der Waals surface area (Å²) in [6, 6.07) is 11.2. The second-order valence-corrected chi connectivity index (χ2v) is 6.67. The highest BCUT2D eigenvalue weighted by molar-refractivity contribution is 9.10. The maximum atomic E-state index is 12.5. The van der Waals surface area contributed by atoms with Crippen molar-refractivity contribution in [2.75, 3.05) is 13.2 Å². The molecule has 1 amide bonds. The van der Waals surface area contributed by atoms with E-state index >= 15 is 0 Å². The first-order chi connectivity index (χ1) is 11.6. The van der Waals surface area contributed by atoms with Crippen molar-refractivity contribution in [3.05, 3.63) is 57.6 Å². The summed E-state index contributed by atoms with van der Waals surface area (Å²) in [7, 11) is 0. The highest BCUT2D eigenvalue weighted by atomic mass is 79.9. The topological polar surface area (TPSA) is 47.6 Å². The number of benzene rings is 2. The number of hydrogen-bond acceptors (Lipinski definition) is 3. The molecule has 1 heterocycles. The normalized spacial score (nSPS) is 14.1. The molecule has 126 valence electrons. The Morgan fingerprint density at radius 3 is 2.58 bits per heavy atom. The van der Waals surface area contributed by atoms with Gasteiger partial charge in [-0.1, -0.05) is 28.9 Å². The van der Waals surface area contributed by atoms with Gasteiger partial charge in [0.15, 0.2) is 11.5 Å². The third kappa shape index (κ3) is 3.56. The Balaban J connectivity index is 1.84. The van der Waals surface area contributed by atoms with E-state index in [1.165, 1.54) is 0 Å². The Kier molecular flexibility index (Phi) is 5.09. The predicted octanol–water partition coefficient (Wildman–Crippen LogP) is 4.27. The van der Waals surface area contributed by atoms with Gasteiger partial charge in [-0.25, -0.2) is 0 Å². The molecule has 1 atom stereocenters. The largest absolute Gasteiger partial charge is 0.486 e. The lowest BCUT2D eigenvalue weighted by atomic mass is 9.98. The fourth-order valence-electron chi connectivity index (χ4n) is 2.84. The number of fused-ring (bicyclic) bond motifs is 1. The second-order valence-electron chi connectivity index (χ2n) is 5.75. The summed E-state index contributed by atoms with van der Waals surface area (Å²) in [6.45, 7) is 5.21. The van der Waals surface area contributed by atoms with Crippen LogP contribution in [0.25, 0.3) is 0 Å². The van der Waals surface area contributed by atoms with Gasteiger partial charge in [-0.2, -0.15) is 0 Å². The van der Waals surface area contributed by atoms with Gasteiger partial charge in [0.1, 0.15) is 13.2 Å². The zero-order valence-corrected chi connectivity index (χ0v) is 15.4. The predicted molar refractivity (Wildman–Crippen MR) is 96.8 cm³/mol. The number of nitrogens with one attached hydrogen (secondary N) is 1. The van der Waals surface area contributed by atoms with Crippen LogP contribution in [0.5, 0.6) is 11.5 Å². The van der Waals surface area contributed by atoms with Crippen LogP contribution in [0.3, 0.4) is 0 Å². The van der Waals surface area contributed by atoms with E-state index in [1.807, 2.05) is 37.3 Å². The van der Waals surface area contributed by atoms with E-state index < -0.39 is 0 Å². The van der Waals surface area contributed by atoms with Crippen molar-refractivity contribution in [2.24, 2.45) is 0 Å². The fraction of sp³-hybridized carbons (Fsp3) is 0.316. The van der Waals surface area contributed by atoms with Crippen molar-refractivity contribution in [1.82, 2.24) is 5.32 Å². The highest BCUT2D eigenvalue weighted by Gasteiger charge is 2.20. The quantitative estimate of drug-likeness (QED) is 0.848. The average molecular weight is 390 g/mol. The van der Waals surface area contributed by atoms with E-state index in [9.17, 15) is 4.79 Å². The lowest BCUT2D eigenvalue weighted by Crippen LogP contribution is -2.27.